The van der Waals surface area contributed by atoms with Crippen molar-refractivity contribution in [2.75, 3.05) is 13.6 Å². The molecule has 1 atom stereocenters. The Bertz CT molecular complexity index is 685. The SMILES string of the molecule is CNC(C)Cc1noc(CCNS(=O)(=O)c2ccccc2)n1. The van der Waals surface area contributed by atoms with E-state index in [0.717, 1.165) is 0 Å². The van der Waals surface area contributed by atoms with E-state index in [2.05, 4.69) is 20.2 Å². The average Bonchev–Trinajstić information content (AvgIpc) is 2.95. The number of hydrogen-bond donors (Lipinski definition) is 2. The number of benzene rings is 1. The Kier molecular flexibility index (Phi) is 5.64. The number of nitrogens with one attached hydrogen (secondary N) is 2. The predicted octanol–water partition coefficient (Wildman–Crippen LogP) is 0.741. The Balaban J connectivity index is 1.86. The van der Waals surface area contributed by atoms with Gasteiger partial charge in [-0.05, 0) is 26.1 Å². The van der Waals surface area contributed by atoms with Crippen LogP contribution < -0.4 is 10.0 Å². The van der Waals surface area contributed by atoms with Gasteiger partial charge in [-0.25, -0.2) is 13.1 Å². The topological polar surface area (TPSA) is 97.1 Å². The number of likely N-dealkylation sites (N-methyl/N-ethyl adjacent to an activating group) is 1. The van der Waals surface area contributed by atoms with E-state index >= 15 is 0 Å². The van der Waals surface area contributed by atoms with E-state index in [1.165, 1.54) is 0 Å². The van der Waals surface area contributed by atoms with Crippen LogP contribution >= 0.6 is 0 Å². The predicted molar refractivity (Wildman–Crippen MR) is 81.9 cm³/mol. The highest BCUT2D eigenvalue weighted by atomic mass is 32.2. The lowest BCUT2D eigenvalue weighted by Crippen LogP contribution is -2.26. The van der Waals surface area contributed by atoms with Crippen molar-refractivity contribution >= 4 is 10.0 Å². The van der Waals surface area contributed by atoms with Crippen molar-refractivity contribution in [2.24, 2.45) is 0 Å². The zero-order chi connectivity index (χ0) is 16.0. The highest BCUT2D eigenvalue weighted by molar-refractivity contribution is 7.89. The number of sulfonamides is 1. The minimum absolute atomic E-state index is 0.209. The largest absolute Gasteiger partial charge is 0.339 e. The van der Waals surface area contributed by atoms with Crippen LogP contribution in [0.4, 0.5) is 0 Å². The lowest BCUT2D eigenvalue weighted by atomic mass is 10.2. The number of nitrogens with zero attached hydrogens (tertiary/aromatic N) is 2. The zero-order valence-corrected chi connectivity index (χ0v) is 13.4. The fourth-order valence-electron chi connectivity index (χ4n) is 1.83. The molecule has 2 aromatic rings. The monoisotopic (exact) mass is 324 g/mol. The number of hydrogen-bond acceptors (Lipinski definition) is 6. The Morgan fingerprint density at radius 3 is 2.68 bits per heavy atom. The normalized spacial score (nSPS) is 13.2. The molecule has 120 valence electrons. The van der Waals surface area contributed by atoms with Crippen molar-refractivity contribution in [3.8, 4) is 0 Å². The molecule has 22 heavy (non-hydrogen) atoms. The summed E-state index contributed by atoms with van der Waals surface area (Å²) in [6.45, 7) is 2.23. The standard InChI is InChI=1S/C14H20N4O3S/c1-11(15-2)10-13-17-14(21-18-13)8-9-16-22(19,20)12-6-4-3-5-7-12/h3-7,11,15-16H,8-10H2,1-2H3. The molecule has 0 spiro atoms. The van der Waals surface area contributed by atoms with Gasteiger partial charge in [0.15, 0.2) is 5.82 Å². The van der Waals surface area contributed by atoms with Crippen LogP contribution in [0, 0.1) is 0 Å². The Labute approximate surface area is 130 Å². The first-order valence-corrected chi connectivity index (χ1v) is 8.53. The second kappa shape index (κ2) is 7.48. The van der Waals surface area contributed by atoms with E-state index < -0.39 is 10.0 Å². The molecule has 2 N–H and O–H groups in total. The van der Waals surface area contributed by atoms with Crippen LogP contribution in [0.5, 0.6) is 0 Å². The molecule has 1 aromatic heterocycles. The molecule has 1 aromatic carbocycles. The van der Waals surface area contributed by atoms with Crippen LogP contribution in [0.15, 0.2) is 39.8 Å². The molecule has 0 fully saturated rings. The van der Waals surface area contributed by atoms with Gasteiger partial charge in [-0.3, -0.25) is 0 Å². The molecular formula is C14H20N4O3S. The summed E-state index contributed by atoms with van der Waals surface area (Å²) >= 11 is 0. The highest BCUT2D eigenvalue weighted by Gasteiger charge is 2.14. The fourth-order valence-corrected chi connectivity index (χ4v) is 2.88. The maximum absolute atomic E-state index is 12.0. The summed E-state index contributed by atoms with van der Waals surface area (Å²) in [7, 11) is -1.63. The van der Waals surface area contributed by atoms with E-state index in [-0.39, 0.29) is 17.5 Å². The fraction of sp³-hybridized carbons (Fsp3) is 0.429. The van der Waals surface area contributed by atoms with Gasteiger partial charge in [-0.15, -0.1) is 0 Å². The lowest BCUT2D eigenvalue weighted by Gasteiger charge is -2.05. The van der Waals surface area contributed by atoms with Gasteiger partial charge in [0.1, 0.15) is 0 Å². The third kappa shape index (κ3) is 4.62. The summed E-state index contributed by atoms with van der Waals surface area (Å²) < 4.78 is 31.7. The van der Waals surface area contributed by atoms with Crippen molar-refractivity contribution in [2.45, 2.75) is 30.7 Å². The quantitative estimate of drug-likeness (QED) is 0.743. The molecule has 0 aliphatic carbocycles. The summed E-state index contributed by atoms with van der Waals surface area (Å²) in [5, 5.41) is 6.96. The molecule has 0 bridgehead atoms. The van der Waals surface area contributed by atoms with E-state index in [1.54, 1.807) is 30.3 Å². The molecule has 0 aliphatic heterocycles. The van der Waals surface area contributed by atoms with Crippen molar-refractivity contribution in [1.82, 2.24) is 20.2 Å². The van der Waals surface area contributed by atoms with Crippen molar-refractivity contribution in [3.05, 3.63) is 42.0 Å². The molecule has 8 heteroatoms. The van der Waals surface area contributed by atoms with Crippen LogP contribution in [0.25, 0.3) is 0 Å². The van der Waals surface area contributed by atoms with Gasteiger partial charge >= 0.3 is 0 Å². The Morgan fingerprint density at radius 2 is 2.00 bits per heavy atom. The zero-order valence-electron chi connectivity index (χ0n) is 12.6. The van der Waals surface area contributed by atoms with E-state index in [1.807, 2.05) is 14.0 Å². The highest BCUT2D eigenvalue weighted by Crippen LogP contribution is 2.07. The minimum Gasteiger partial charge on any atom is -0.339 e. The van der Waals surface area contributed by atoms with Crippen molar-refractivity contribution < 1.29 is 12.9 Å². The second-order valence-electron chi connectivity index (χ2n) is 4.96. The van der Waals surface area contributed by atoms with E-state index in [9.17, 15) is 8.42 Å². The minimum atomic E-state index is -3.50. The van der Waals surface area contributed by atoms with Gasteiger partial charge in [0.05, 0.1) is 4.90 Å². The van der Waals surface area contributed by atoms with Crippen LogP contribution in [0.3, 0.4) is 0 Å². The first-order chi connectivity index (χ1) is 10.5. The summed E-state index contributed by atoms with van der Waals surface area (Å²) in [6.07, 6.45) is 1.02. The van der Waals surface area contributed by atoms with Crippen LogP contribution in [-0.2, 0) is 22.9 Å². The van der Waals surface area contributed by atoms with Crippen molar-refractivity contribution in [1.29, 1.82) is 0 Å². The van der Waals surface area contributed by atoms with Gasteiger partial charge in [-0.1, -0.05) is 23.4 Å². The van der Waals surface area contributed by atoms with Crippen molar-refractivity contribution in [3.63, 3.8) is 0 Å². The molecule has 7 nitrogen and oxygen atoms in total. The summed E-state index contributed by atoms with van der Waals surface area (Å²) in [6, 6.07) is 8.48. The van der Waals surface area contributed by atoms with Gasteiger partial charge in [0.2, 0.25) is 15.9 Å². The Morgan fingerprint density at radius 1 is 1.27 bits per heavy atom. The lowest BCUT2D eigenvalue weighted by molar-refractivity contribution is 0.371. The van der Waals surface area contributed by atoms with E-state index in [0.29, 0.717) is 24.6 Å². The summed E-state index contributed by atoms with van der Waals surface area (Å²) in [5.74, 6) is 1.04. The second-order valence-corrected chi connectivity index (χ2v) is 6.73. The van der Waals surface area contributed by atoms with Crippen LogP contribution in [0.2, 0.25) is 0 Å². The molecular weight excluding hydrogens is 304 g/mol. The molecule has 0 radical (unpaired) electrons. The van der Waals surface area contributed by atoms with E-state index in [4.69, 9.17) is 4.52 Å². The van der Waals surface area contributed by atoms with Gasteiger partial charge in [0.25, 0.3) is 0 Å². The first kappa shape index (κ1) is 16.6. The van der Waals surface area contributed by atoms with Gasteiger partial charge < -0.3 is 9.84 Å². The Hall–Kier alpha value is -1.77. The number of aromatic nitrogens is 2. The molecule has 0 amide bonds. The van der Waals surface area contributed by atoms with Gasteiger partial charge in [0, 0.05) is 25.4 Å². The molecule has 1 heterocycles. The molecule has 1 unspecified atom stereocenters. The molecule has 0 saturated carbocycles. The third-order valence-electron chi connectivity index (χ3n) is 3.18. The van der Waals surface area contributed by atoms with Crippen LogP contribution in [-0.4, -0.2) is 38.2 Å². The van der Waals surface area contributed by atoms with Crippen LogP contribution in [0.1, 0.15) is 18.6 Å². The molecule has 0 aliphatic rings. The van der Waals surface area contributed by atoms with Gasteiger partial charge in [-0.2, -0.15) is 4.98 Å². The maximum atomic E-state index is 12.0. The first-order valence-electron chi connectivity index (χ1n) is 7.04. The average molecular weight is 324 g/mol. The number of rotatable bonds is 8. The maximum Gasteiger partial charge on any atom is 0.240 e. The third-order valence-corrected chi connectivity index (χ3v) is 4.65. The molecule has 2 rings (SSSR count). The summed E-state index contributed by atoms with van der Waals surface area (Å²) in [4.78, 5) is 4.48. The molecule has 0 saturated heterocycles. The smallest absolute Gasteiger partial charge is 0.240 e. The summed E-state index contributed by atoms with van der Waals surface area (Å²) in [5.41, 5.74) is 0.